The monoisotopic (exact) mass is 475 g/mol. The molecule has 0 saturated carbocycles. The Bertz CT molecular complexity index is 1140. The third-order valence-electron chi connectivity index (χ3n) is 7.04. The Labute approximate surface area is 203 Å². The SMILES string of the molecule is O=C1CCC(N2C(=O)c3ccc(CN(Cc4ccccn4)C4CCCNCC4)cc3C2=O)C(=O)N1. The van der Waals surface area contributed by atoms with Gasteiger partial charge in [-0.2, -0.15) is 0 Å². The highest BCUT2D eigenvalue weighted by Crippen LogP contribution is 2.29. The van der Waals surface area contributed by atoms with Crippen molar-refractivity contribution in [3.05, 3.63) is 65.0 Å². The molecule has 182 valence electrons. The lowest BCUT2D eigenvalue weighted by Gasteiger charge is -2.31. The molecular weight excluding hydrogens is 446 g/mol. The van der Waals surface area contributed by atoms with Gasteiger partial charge in [0.1, 0.15) is 6.04 Å². The first-order valence-corrected chi connectivity index (χ1v) is 12.2. The van der Waals surface area contributed by atoms with Crippen LogP contribution in [0.15, 0.2) is 42.6 Å². The minimum Gasteiger partial charge on any atom is -0.317 e. The molecule has 9 heteroatoms. The van der Waals surface area contributed by atoms with Crippen LogP contribution in [-0.2, 0) is 22.7 Å². The Morgan fingerprint density at radius 2 is 1.80 bits per heavy atom. The summed E-state index contributed by atoms with van der Waals surface area (Å²) < 4.78 is 0. The summed E-state index contributed by atoms with van der Waals surface area (Å²) in [5, 5.41) is 5.70. The fraction of sp³-hybridized carbons (Fsp3) is 0.423. The van der Waals surface area contributed by atoms with E-state index in [9.17, 15) is 19.2 Å². The van der Waals surface area contributed by atoms with E-state index in [-0.39, 0.29) is 18.7 Å². The van der Waals surface area contributed by atoms with Crippen LogP contribution in [0, 0.1) is 0 Å². The zero-order chi connectivity index (χ0) is 24.4. The zero-order valence-corrected chi connectivity index (χ0v) is 19.5. The molecule has 4 heterocycles. The summed E-state index contributed by atoms with van der Waals surface area (Å²) in [6.45, 7) is 3.29. The largest absolute Gasteiger partial charge is 0.317 e. The van der Waals surface area contributed by atoms with Gasteiger partial charge in [-0.1, -0.05) is 12.1 Å². The van der Waals surface area contributed by atoms with Gasteiger partial charge in [0.15, 0.2) is 0 Å². The molecule has 2 fully saturated rings. The molecule has 3 aliphatic heterocycles. The molecule has 1 aromatic carbocycles. The number of imide groups is 2. The van der Waals surface area contributed by atoms with Crippen molar-refractivity contribution in [2.75, 3.05) is 13.1 Å². The van der Waals surface area contributed by atoms with E-state index in [0.717, 1.165) is 48.5 Å². The van der Waals surface area contributed by atoms with Gasteiger partial charge >= 0.3 is 0 Å². The standard InChI is InChI=1S/C26H29N5O4/c32-23-9-8-22(24(33)29-23)31-25(34)20-7-6-17(14-21(20)26(31)35)15-30(16-18-4-1-2-12-28-18)19-5-3-11-27-13-10-19/h1-2,4,6-7,12,14,19,22,27H,3,5,8-11,13,15-16H2,(H,29,32,33). The Morgan fingerprint density at radius 1 is 0.943 bits per heavy atom. The summed E-state index contributed by atoms with van der Waals surface area (Å²) in [5.74, 6) is -1.94. The van der Waals surface area contributed by atoms with Gasteiger partial charge in [-0.3, -0.25) is 39.3 Å². The zero-order valence-electron chi connectivity index (χ0n) is 19.5. The van der Waals surface area contributed by atoms with E-state index in [1.807, 2.05) is 24.3 Å². The first-order chi connectivity index (χ1) is 17.0. The lowest BCUT2D eigenvalue weighted by molar-refractivity contribution is -0.136. The summed E-state index contributed by atoms with van der Waals surface area (Å²) in [5.41, 5.74) is 2.54. The predicted molar refractivity (Wildman–Crippen MR) is 127 cm³/mol. The van der Waals surface area contributed by atoms with Crippen molar-refractivity contribution in [2.24, 2.45) is 0 Å². The van der Waals surface area contributed by atoms with Crippen LogP contribution in [0.25, 0.3) is 0 Å². The fourth-order valence-electron chi connectivity index (χ4n) is 5.23. The van der Waals surface area contributed by atoms with E-state index in [0.29, 0.717) is 30.3 Å². The maximum absolute atomic E-state index is 13.2. The van der Waals surface area contributed by atoms with Crippen LogP contribution in [-0.4, -0.2) is 63.6 Å². The van der Waals surface area contributed by atoms with Crippen LogP contribution in [0.1, 0.15) is 64.1 Å². The van der Waals surface area contributed by atoms with Crippen molar-refractivity contribution in [3.63, 3.8) is 0 Å². The molecule has 9 nitrogen and oxygen atoms in total. The number of nitrogens with zero attached hydrogens (tertiary/aromatic N) is 3. The molecule has 2 unspecified atom stereocenters. The highest BCUT2D eigenvalue weighted by Gasteiger charge is 2.44. The molecule has 0 spiro atoms. The van der Waals surface area contributed by atoms with Crippen molar-refractivity contribution < 1.29 is 19.2 Å². The quantitative estimate of drug-likeness (QED) is 0.611. The Balaban J connectivity index is 1.38. The lowest BCUT2D eigenvalue weighted by atomic mass is 10.0. The number of hydrogen-bond acceptors (Lipinski definition) is 7. The average molecular weight is 476 g/mol. The number of carbonyl (C=O) groups is 4. The molecule has 5 rings (SSSR count). The normalized spacial score (nSPS) is 22.8. The number of carbonyl (C=O) groups excluding carboxylic acids is 4. The molecule has 3 aliphatic rings. The van der Waals surface area contributed by atoms with Crippen LogP contribution in [0.3, 0.4) is 0 Å². The van der Waals surface area contributed by atoms with Gasteiger partial charge in [0.05, 0.1) is 16.8 Å². The molecule has 1 aromatic heterocycles. The number of fused-ring (bicyclic) bond motifs is 1. The Hall–Kier alpha value is -3.43. The molecule has 0 bridgehead atoms. The number of pyridine rings is 1. The second-order valence-corrected chi connectivity index (χ2v) is 9.39. The smallest absolute Gasteiger partial charge is 0.262 e. The number of nitrogens with one attached hydrogen (secondary N) is 2. The third kappa shape index (κ3) is 4.87. The summed E-state index contributed by atoms with van der Waals surface area (Å²) in [6.07, 6.45) is 5.25. The van der Waals surface area contributed by atoms with E-state index in [4.69, 9.17) is 0 Å². The Morgan fingerprint density at radius 3 is 2.60 bits per heavy atom. The molecule has 2 N–H and O–H groups in total. The Kier molecular flexibility index (Phi) is 6.70. The van der Waals surface area contributed by atoms with Crippen molar-refractivity contribution >= 4 is 23.6 Å². The number of amides is 4. The van der Waals surface area contributed by atoms with Gasteiger partial charge in [-0.05, 0) is 68.6 Å². The van der Waals surface area contributed by atoms with E-state index < -0.39 is 23.8 Å². The fourth-order valence-corrected chi connectivity index (χ4v) is 5.23. The second kappa shape index (κ2) is 10.1. The maximum atomic E-state index is 13.2. The van der Waals surface area contributed by atoms with E-state index in [2.05, 4.69) is 20.5 Å². The van der Waals surface area contributed by atoms with Crippen molar-refractivity contribution in [1.82, 2.24) is 25.4 Å². The maximum Gasteiger partial charge on any atom is 0.262 e. The topological polar surface area (TPSA) is 112 Å². The van der Waals surface area contributed by atoms with Crippen molar-refractivity contribution in [2.45, 2.75) is 57.3 Å². The van der Waals surface area contributed by atoms with Crippen LogP contribution in [0.5, 0.6) is 0 Å². The number of aromatic nitrogens is 1. The van der Waals surface area contributed by atoms with Crippen molar-refractivity contribution in [1.29, 1.82) is 0 Å². The average Bonchev–Trinajstić information content (AvgIpc) is 3.03. The first kappa shape index (κ1) is 23.3. The van der Waals surface area contributed by atoms with Gasteiger partial charge in [-0.25, -0.2) is 0 Å². The summed E-state index contributed by atoms with van der Waals surface area (Å²) in [6, 6.07) is 10.7. The summed E-state index contributed by atoms with van der Waals surface area (Å²) in [4.78, 5) is 58.0. The van der Waals surface area contributed by atoms with E-state index in [1.165, 1.54) is 0 Å². The minimum atomic E-state index is -0.956. The van der Waals surface area contributed by atoms with Gasteiger partial charge in [-0.15, -0.1) is 0 Å². The number of benzene rings is 1. The summed E-state index contributed by atoms with van der Waals surface area (Å²) in [7, 11) is 0. The minimum absolute atomic E-state index is 0.105. The number of rotatable bonds is 6. The molecule has 0 radical (unpaired) electrons. The highest BCUT2D eigenvalue weighted by atomic mass is 16.2. The van der Waals surface area contributed by atoms with Gasteiger partial charge < -0.3 is 5.32 Å². The summed E-state index contributed by atoms with van der Waals surface area (Å²) >= 11 is 0. The van der Waals surface area contributed by atoms with Crippen molar-refractivity contribution in [3.8, 4) is 0 Å². The molecule has 2 saturated heterocycles. The van der Waals surface area contributed by atoms with Crippen LogP contribution in [0.4, 0.5) is 0 Å². The van der Waals surface area contributed by atoms with Crippen LogP contribution in [0.2, 0.25) is 0 Å². The second-order valence-electron chi connectivity index (χ2n) is 9.39. The van der Waals surface area contributed by atoms with Gasteiger partial charge in [0, 0.05) is 31.7 Å². The molecule has 0 aliphatic carbocycles. The molecule has 2 aromatic rings. The molecular formula is C26H29N5O4. The number of piperidine rings is 1. The molecule has 35 heavy (non-hydrogen) atoms. The first-order valence-electron chi connectivity index (χ1n) is 12.2. The highest BCUT2D eigenvalue weighted by molar-refractivity contribution is 6.23. The number of hydrogen-bond donors (Lipinski definition) is 2. The van der Waals surface area contributed by atoms with Crippen LogP contribution >= 0.6 is 0 Å². The van der Waals surface area contributed by atoms with E-state index in [1.54, 1.807) is 18.3 Å². The van der Waals surface area contributed by atoms with Gasteiger partial charge in [0.2, 0.25) is 11.8 Å². The van der Waals surface area contributed by atoms with E-state index >= 15 is 0 Å². The molecule has 4 amide bonds. The predicted octanol–water partition coefficient (Wildman–Crippen LogP) is 1.63. The van der Waals surface area contributed by atoms with Crippen LogP contribution < -0.4 is 10.6 Å². The molecule has 2 atom stereocenters. The third-order valence-corrected chi connectivity index (χ3v) is 7.04. The van der Waals surface area contributed by atoms with Gasteiger partial charge in [0.25, 0.3) is 11.8 Å². The lowest BCUT2D eigenvalue weighted by Crippen LogP contribution is -2.54.